The molecule has 0 radical (unpaired) electrons. The van der Waals surface area contributed by atoms with Gasteiger partial charge >= 0.3 is 5.97 Å². The third-order valence-corrected chi connectivity index (χ3v) is 3.76. The second kappa shape index (κ2) is 8.87. The number of hydrogen-bond acceptors (Lipinski definition) is 5. The average Bonchev–Trinajstić information content (AvgIpc) is 2.66. The smallest absolute Gasteiger partial charge is 0.337 e. The highest BCUT2D eigenvalue weighted by atomic mass is 16.5. The summed E-state index contributed by atoms with van der Waals surface area (Å²) in [5.41, 5.74) is 2.16. The topological polar surface area (TPSA) is 61.8 Å². The van der Waals surface area contributed by atoms with E-state index < -0.39 is 5.97 Å². The normalized spacial score (nSPS) is 10.2. The molecule has 0 atom stereocenters. The minimum Gasteiger partial charge on any atom is -0.493 e. The van der Waals surface area contributed by atoms with E-state index in [1.807, 2.05) is 24.3 Å². The number of Topliss-reactive ketones (excluding diaryl/α,β-unsaturated/α-hetero) is 1. The first kappa shape index (κ1) is 18.5. The van der Waals surface area contributed by atoms with Crippen molar-refractivity contribution in [2.45, 2.75) is 19.8 Å². The fraction of sp³-hybridized carbons (Fsp3) is 0.300. The lowest BCUT2D eigenvalue weighted by Crippen LogP contribution is -2.12. The number of benzene rings is 2. The first-order valence-electron chi connectivity index (χ1n) is 8.10. The Balaban J connectivity index is 2.04. The van der Waals surface area contributed by atoms with Gasteiger partial charge in [-0.15, -0.1) is 0 Å². The molecule has 0 spiro atoms. The van der Waals surface area contributed by atoms with Crippen LogP contribution in [0.25, 0.3) is 0 Å². The van der Waals surface area contributed by atoms with E-state index in [1.54, 1.807) is 12.1 Å². The third kappa shape index (κ3) is 4.83. The van der Waals surface area contributed by atoms with Gasteiger partial charge < -0.3 is 14.2 Å². The molecule has 0 heterocycles. The molecular weight excluding hydrogens is 320 g/mol. The molecule has 0 bridgehead atoms. The number of esters is 1. The number of ether oxygens (including phenoxy) is 3. The van der Waals surface area contributed by atoms with Gasteiger partial charge in [-0.25, -0.2) is 4.79 Å². The Kier molecular flexibility index (Phi) is 6.57. The Bertz CT molecular complexity index is 734. The summed E-state index contributed by atoms with van der Waals surface area (Å²) in [4.78, 5) is 23.8. The van der Waals surface area contributed by atoms with Gasteiger partial charge in [0.1, 0.15) is 0 Å². The van der Waals surface area contributed by atoms with E-state index in [0.29, 0.717) is 22.6 Å². The monoisotopic (exact) mass is 342 g/mol. The first-order chi connectivity index (χ1) is 12.1. The van der Waals surface area contributed by atoms with Gasteiger partial charge in [0.05, 0.1) is 19.8 Å². The maximum Gasteiger partial charge on any atom is 0.337 e. The van der Waals surface area contributed by atoms with Gasteiger partial charge in [-0.1, -0.05) is 37.6 Å². The molecule has 5 nitrogen and oxygen atoms in total. The minimum absolute atomic E-state index is 0.110. The molecule has 0 unspecified atom stereocenters. The van der Waals surface area contributed by atoms with Gasteiger partial charge in [-0.05, 0) is 30.2 Å². The molecule has 2 rings (SSSR count). The fourth-order valence-corrected chi connectivity index (χ4v) is 2.40. The second-order valence-electron chi connectivity index (χ2n) is 5.52. The fourth-order valence-electron chi connectivity index (χ4n) is 2.40. The van der Waals surface area contributed by atoms with E-state index in [-0.39, 0.29) is 12.4 Å². The van der Waals surface area contributed by atoms with Crippen LogP contribution in [-0.2, 0) is 11.2 Å². The lowest BCUT2D eigenvalue weighted by Gasteiger charge is -2.11. The van der Waals surface area contributed by atoms with Crippen molar-refractivity contribution < 1.29 is 23.8 Å². The third-order valence-electron chi connectivity index (χ3n) is 3.76. The Labute approximate surface area is 147 Å². The van der Waals surface area contributed by atoms with Crippen molar-refractivity contribution in [2.24, 2.45) is 0 Å². The van der Waals surface area contributed by atoms with Crippen LogP contribution in [0.2, 0.25) is 0 Å². The van der Waals surface area contributed by atoms with Crippen LogP contribution in [0.4, 0.5) is 0 Å². The summed E-state index contributed by atoms with van der Waals surface area (Å²) in [5.74, 6) is 0.176. The first-order valence-corrected chi connectivity index (χ1v) is 8.10. The van der Waals surface area contributed by atoms with Crippen molar-refractivity contribution in [1.29, 1.82) is 0 Å². The van der Waals surface area contributed by atoms with Gasteiger partial charge in [0.2, 0.25) is 0 Å². The number of ketones is 1. The van der Waals surface area contributed by atoms with Crippen molar-refractivity contribution in [2.75, 3.05) is 20.8 Å². The second-order valence-corrected chi connectivity index (χ2v) is 5.52. The van der Waals surface area contributed by atoms with E-state index in [9.17, 15) is 9.59 Å². The number of methoxy groups -OCH3 is 2. The molecule has 0 amide bonds. The summed E-state index contributed by atoms with van der Waals surface area (Å²) in [7, 11) is 2.78. The van der Waals surface area contributed by atoms with Crippen molar-refractivity contribution in [3.8, 4) is 11.5 Å². The predicted octanol–water partition coefficient (Wildman–Crippen LogP) is 3.70. The van der Waals surface area contributed by atoms with E-state index in [4.69, 9.17) is 9.47 Å². The zero-order valence-electron chi connectivity index (χ0n) is 14.7. The molecule has 0 aliphatic heterocycles. The highest BCUT2D eigenvalue weighted by Crippen LogP contribution is 2.28. The molecule has 2 aromatic rings. The van der Waals surface area contributed by atoms with Crippen LogP contribution in [0.15, 0.2) is 42.5 Å². The van der Waals surface area contributed by atoms with Gasteiger partial charge in [-0.3, -0.25) is 4.79 Å². The molecule has 0 aliphatic carbocycles. The Morgan fingerprint density at radius 2 is 1.60 bits per heavy atom. The van der Waals surface area contributed by atoms with Gasteiger partial charge in [0.25, 0.3) is 0 Å². The van der Waals surface area contributed by atoms with Crippen molar-refractivity contribution >= 4 is 11.8 Å². The molecule has 0 saturated carbocycles. The summed E-state index contributed by atoms with van der Waals surface area (Å²) in [5, 5.41) is 0. The molecule has 0 aliphatic rings. The highest BCUT2D eigenvalue weighted by Gasteiger charge is 2.13. The number of hydrogen-bond donors (Lipinski definition) is 0. The standard InChI is InChI=1S/C20H22O5/c1-4-5-14-6-8-15(9-7-14)17(21)13-25-18-11-10-16(20(22)24-3)12-19(18)23-2/h6-12H,4-5,13H2,1-3H3. The van der Waals surface area contributed by atoms with E-state index in [0.717, 1.165) is 12.8 Å². The molecule has 0 N–H and O–H groups in total. The molecule has 0 saturated heterocycles. The van der Waals surface area contributed by atoms with Crippen LogP contribution in [-0.4, -0.2) is 32.6 Å². The summed E-state index contributed by atoms with van der Waals surface area (Å²) < 4.78 is 15.5. The SMILES string of the molecule is CCCc1ccc(C(=O)COc2ccc(C(=O)OC)cc2OC)cc1. The Morgan fingerprint density at radius 1 is 0.920 bits per heavy atom. The Morgan fingerprint density at radius 3 is 2.20 bits per heavy atom. The summed E-state index contributed by atoms with van der Waals surface area (Å²) in [6, 6.07) is 12.2. The van der Waals surface area contributed by atoms with Crippen LogP contribution < -0.4 is 9.47 Å². The quantitative estimate of drug-likeness (QED) is 0.541. The van der Waals surface area contributed by atoms with Crippen LogP contribution in [0.5, 0.6) is 11.5 Å². The molecule has 2 aromatic carbocycles. The van der Waals surface area contributed by atoms with Crippen molar-refractivity contribution in [3.63, 3.8) is 0 Å². The molecule has 0 aromatic heterocycles. The van der Waals surface area contributed by atoms with E-state index >= 15 is 0 Å². The van der Waals surface area contributed by atoms with Gasteiger partial charge in [-0.2, -0.15) is 0 Å². The van der Waals surface area contributed by atoms with Crippen LogP contribution in [0, 0.1) is 0 Å². The van der Waals surface area contributed by atoms with Crippen LogP contribution >= 0.6 is 0 Å². The van der Waals surface area contributed by atoms with Gasteiger partial charge in [0.15, 0.2) is 23.9 Å². The lowest BCUT2D eigenvalue weighted by molar-refractivity contribution is 0.0600. The maximum atomic E-state index is 12.3. The minimum atomic E-state index is -0.465. The van der Waals surface area contributed by atoms with Crippen LogP contribution in [0.3, 0.4) is 0 Å². The van der Waals surface area contributed by atoms with Gasteiger partial charge in [0, 0.05) is 5.56 Å². The molecule has 25 heavy (non-hydrogen) atoms. The number of carbonyl (C=O) groups excluding carboxylic acids is 2. The number of rotatable bonds is 8. The zero-order valence-corrected chi connectivity index (χ0v) is 14.7. The maximum absolute atomic E-state index is 12.3. The Hall–Kier alpha value is -2.82. The average molecular weight is 342 g/mol. The summed E-state index contributed by atoms with van der Waals surface area (Å²) in [6.07, 6.45) is 2.06. The summed E-state index contributed by atoms with van der Waals surface area (Å²) >= 11 is 0. The van der Waals surface area contributed by atoms with Crippen molar-refractivity contribution in [3.05, 3.63) is 59.2 Å². The van der Waals surface area contributed by atoms with Crippen LogP contribution in [0.1, 0.15) is 39.6 Å². The molecule has 132 valence electrons. The highest BCUT2D eigenvalue weighted by molar-refractivity contribution is 5.97. The zero-order chi connectivity index (χ0) is 18.2. The predicted molar refractivity (Wildman–Crippen MR) is 94.6 cm³/mol. The van der Waals surface area contributed by atoms with Crippen molar-refractivity contribution in [1.82, 2.24) is 0 Å². The largest absolute Gasteiger partial charge is 0.493 e. The summed E-state index contributed by atoms with van der Waals surface area (Å²) in [6.45, 7) is 2.01. The molecular formula is C20H22O5. The molecule has 0 fully saturated rings. The lowest BCUT2D eigenvalue weighted by atomic mass is 10.1. The molecule has 5 heteroatoms. The van der Waals surface area contributed by atoms with E-state index in [2.05, 4.69) is 11.7 Å². The number of aryl methyl sites for hydroxylation is 1. The van der Waals surface area contributed by atoms with E-state index in [1.165, 1.54) is 25.8 Å². The number of carbonyl (C=O) groups is 2.